The van der Waals surface area contributed by atoms with Crippen LogP contribution in [0, 0.1) is 5.82 Å². The molecule has 1 nitrogen and oxygen atoms in total. The summed E-state index contributed by atoms with van der Waals surface area (Å²) in [7, 11) is 0. The summed E-state index contributed by atoms with van der Waals surface area (Å²) < 4.78 is 41.7. The minimum absolute atomic E-state index is 0.188. The van der Waals surface area contributed by atoms with Gasteiger partial charge in [-0.15, -0.1) is 0 Å². The van der Waals surface area contributed by atoms with E-state index in [1.165, 1.54) is 11.0 Å². The van der Waals surface area contributed by atoms with Gasteiger partial charge in [-0.25, -0.2) is 13.2 Å². The molecule has 0 fully saturated rings. The molecule has 0 aliphatic carbocycles. The molecule has 28 heavy (non-hydrogen) atoms. The van der Waals surface area contributed by atoms with Crippen molar-refractivity contribution in [2.75, 3.05) is 6.54 Å². The van der Waals surface area contributed by atoms with Gasteiger partial charge in [0.1, 0.15) is 5.82 Å². The summed E-state index contributed by atoms with van der Waals surface area (Å²) in [5, 5.41) is 0.237. The molecule has 0 saturated heterocycles. The second-order valence-electron chi connectivity index (χ2n) is 5.67. The van der Waals surface area contributed by atoms with Crippen molar-refractivity contribution < 1.29 is 13.2 Å². The summed E-state index contributed by atoms with van der Waals surface area (Å²) in [5.74, 6) is -0.527. The van der Waals surface area contributed by atoms with Gasteiger partial charge in [0.15, 0.2) is 0 Å². The Labute approximate surface area is 176 Å². The molecule has 0 N–H and O–H groups in total. The molecule has 1 heterocycles. The monoisotopic (exact) mass is 469 g/mol. The van der Waals surface area contributed by atoms with E-state index in [-0.39, 0.29) is 16.3 Å². The molecule has 0 amide bonds. The molecule has 0 unspecified atom stereocenters. The van der Waals surface area contributed by atoms with Crippen molar-refractivity contribution in [1.82, 2.24) is 4.90 Å². The van der Waals surface area contributed by atoms with Crippen LogP contribution in [-0.4, -0.2) is 17.9 Å². The third-order valence-corrected chi connectivity index (χ3v) is 4.99. The molecular weight excluding hydrogens is 451 g/mol. The minimum Gasteiger partial charge on any atom is -0.334 e. The predicted octanol–water partition coefficient (Wildman–Crippen LogP) is 7.70. The van der Waals surface area contributed by atoms with Crippen LogP contribution < -0.4 is 0 Å². The lowest BCUT2D eigenvalue weighted by Gasteiger charge is -2.34. The van der Waals surface area contributed by atoms with Gasteiger partial charge in [0.2, 0.25) is 0 Å². The number of alkyl halides is 2. The highest BCUT2D eigenvalue weighted by molar-refractivity contribution is 9.10. The molecule has 0 bridgehead atoms. The largest absolute Gasteiger partial charge is 0.334 e. The number of nitrogens with zero attached hydrogens (tertiary/aromatic N) is 1. The summed E-state index contributed by atoms with van der Waals surface area (Å²) in [6, 6.07) is 13.6. The van der Waals surface area contributed by atoms with Crippen LogP contribution in [-0.2, 0) is 0 Å². The van der Waals surface area contributed by atoms with E-state index in [0.717, 1.165) is 5.56 Å². The maximum Gasteiger partial charge on any atom is 0.256 e. The first kappa shape index (κ1) is 22.3. The number of halogens is 5. The van der Waals surface area contributed by atoms with Crippen LogP contribution in [0.3, 0.4) is 0 Å². The Kier molecular flexibility index (Phi) is 7.96. The van der Waals surface area contributed by atoms with Gasteiger partial charge < -0.3 is 4.90 Å². The summed E-state index contributed by atoms with van der Waals surface area (Å²) in [6.45, 7) is 7.17. The quantitative estimate of drug-likeness (QED) is 0.442. The van der Waals surface area contributed by atoms with Crippen molar-refractivity contribution in [2.45, 2.75) is 20.3 Å². The van der Waals surface area contributed by atoms with Gasteiger partial charge in [0.05, 0.1) is 23.0 Å². The van der Waals surface area contributed by atoms with Crippen molar-refractivity contribution in [1.29, 1.82) is 0 Å². The van der Waals surface area contributed by atoms with Crippen LogP contribution in [0.2, 0.25) is 0 Å². The number of hydrogen-bond donors (Lipinski definition) is 0. The highest BCUT2D eigenvalue weighted by Crippen LogP contribution is 2.43. The van der Waals surface area contributed by atoms with E-state index in [9.17, 15) is 13.2 Å². The fourth-order valence-electron chi connectivity index (χ4n) is 2.86. The first-order valence-electron chi connectivity index (χ1n) is 8.76. The van der Waals surface area contributed by atoms with E-state index in [2.05, 4.69) is 22.5 Å². The SMILES string of the molecule is C=C1C(Cl)=CC(c2ccccc2)=C(c2c(F)cccc2Br)N1CC(F)F.CC. The molecule has 0 atom stereocenters. The average molecular weight is 471 g/mol. The van der Waals surface area contributed by atoms with Crippen LogP contribution in [0.1, 0.15) is 25.0 Å². The third kappa shape index (κ3) is 4.70. The Balaban J connectivity index is 0.00000136. The van der Waals surface area contributed by atoms with Gasteiger partial charge in [-0.05, 0) is 39.7 Å². The molecule has 1 aliphatic heterocycles. The molecular formula is C22H20BrClF3N. The van der Waals surface area contributed by atoms with Crippen molar-refractivity contribution in [3.8, 4) is 0 Å². The third-order valence-electron chi connectivity index (χ3n) is 4.00. The zero-order chi connectivity index (χ0) is 20.8. The molecule has 0 spiro atoms. The van der Waals surface area contributed by atoms with E-state index in [0.29, 0.717) is 15.7 Å². The van der Waals surface area contributed by atoms with E-state index in [1.54, 1.807) is 18.2 Å². The van der Waals surface area contributed by atoms with Crippen LogP contribution >= 0.6 is 27.5 Å². The molecule has 2 aromatic rings. The van der Waals surface area contributed by atoms with Crippen LogP contribution in [0.25, 0.3) is 11.3 Å². The van der Waals surface area contributed by atoms with Crippen molar-refractivity contribution in [3.63, 3.8) is 0 Å². The Hall–Kier alpha value is -1.98. The molecule has 2 aromatic carbocycles. The smallest absolute Gasteiger partial charge is 0.256 e. The minimum atomic E-state index is -2.65. The van der Waals surface area contributed by atoms with Crippen LogP contribution in [0.5, 0.6) is 0 Å². The maximum atomic E-state index is 14.7. The molecule has 6 heteroatoms. The second-order valence-corrected chi connectivity index (χ2v) is 6.93. The lowest BCUT2D eigenvalue weighted by atomic mass is 9.94. The van der Waals surface area contributed by atoms with Gasteiger partial charge in [0.25, 0.3) is 6.43 Å². The van der Waals surface area contributed by atoms with Gasteiger partial charge >= 0.3 is 0 Å². The standard InChI is InChI=1S/C20H14BrClF3N.C2H6/c1-12-16(22)10-14(13-6-3-2-4-7-13)20(26(12)11-18(24)25)19-15(21)8-5-9-17(19)23;1-2/h2-10,18H,1,11H2;1-2H3. The maximum absolute atomic E-state index is 14.7. The topological polar surface area (TPSA) is 3.24 Å². The lowest BCUT2D eigenvalue weighted by molar-refractivity contribution is 0.123. The number of hydrogen-bond acceptors (Lipinski definition) is 1. The Morgan fingerprint density at radius 2 is 1.71 bits per heavy atom. The molecule has 1 aliphatic rings. The van der Waals surface area contributed by atoms with Gasteiger partial charge in [-0.2, -0.15) is 0 Å². The Morgan fingerprint density at radius 1 is 1.07 bits per heavy atom. The van der Waals surface area contributed by atoms with Crippen molar-refractivity contribution in [2.24, 2.45) is 0 Å². The number of rotatable bonds is 4. The summed E-state index contributed by atoms with van der Waals surface area (Å²) in [5.41, 5.74) is 1.98. The molecule has 0 saturated carbocycles. The zero-order valence-electron chi connectivity index (χ0n) is 15.5. The van der Waals surface area contributed by atoms with Gasteiger partial charge in [-0.3, -0.25) is 0 Å². The highest BCUT2D eigenvalue weighted by atomic mass is 79.9. The Bertz CT molecular complexity index is 887. The lowest BCUT2D eigenvalue weighted by Crippen LogP contribution is -2.30. The van der Waals surface area contributed by atoms with Crippen molar-refractivity contribution in [3.05, 3.63) is 93.3 Å². The Morgan fingerprint density at radius 3 is 2.29 bits per heavy atom. The van der Waals surface area contributed by atoms with E-state index in [1.807, 2.05) is 44.2 Å². The van der Waals surface area contributed by atoms with Crippen LogP contribution in [0.15, 0.2) is 76.4 Å². The fraction of sp³-hybridized carbons (Fsp3) is 0.182. The fourth-order valence-corrected chi connectivity index (χ4v) is 3.60. The first-order chi connectivity index (χ1) is 13.4. The highest BCUT2D eigenvalue weighted by Gasteiger charge is 2.30. The predicted molar refractivity (Wildman–Crippen MR) is 114 cm³/mol. The van der Waals surface area contributed by atoms with Crippen LogP contribution in [0.4, 0.5) is 13.2 Å². The average Bonchev–Trinajstić information content (AvgIpc) is 2.68. The van der Waals surface area contributed by atoms with Gasteiger partial charge in [0, 0.05) is 15.6 Å². The normalized spacial score (nSPS) is 14.1. The molecule has 0 radical (unpaired) electrons. The molecule has 148 valence electrons. The van der Waals surface area contributed by atoms with E-state index >= 15 is 0 Å². The first-order valence-corrected chi connectivity index (χ1v) is 9.93. The second kappa shape index (κ2) is 9.99. The molecule has 3 rings (SSSR count). The van der Waals surface area contributed by atoms with E-state index in [4.69, 9.17) is 11.6 Å². The van der Waals surface area contributed by atoms with Gasteiger partial charge in [-0.1, -0.05) is 68.4 Å². The summed E-state index contributed by atoms with van der Waals surface area (Å²) in [4.78, 5) is 1.28. The zero-order valence-corrected chi connectivity index (χ0v) is 17.9. The number of allylic oxidation sites excluding steroid dienone is 3. The summed E-state index contributed by atoms with van der Waals surface area (Å²) >= 11 is 9.60. The van der Waals surface area contributed by atoms with Crippen molar-refractivity contribution >= 4 is 38.8 Å². The number of benzene rings is 2. The van der Waals surface area contributed by atoms with E-state index < -0.39 is 18.8 Å². The molecule has 0 aromatic heterocycles. The summed E-state index contributed by atoms with van der Waals surface area (Å²) in [6.07, 6.45) is -1.01.